The predicted octanol–water partition coefficient (Wildman–Crippen LogP) is 3.13. The van der Waals surface area contributed by atoms with Gasteiger partial charge < -0.3 is 15.8 Å². The first-order valence-corrected chi connectivity index (χ1v) is 6.69. The summed E-state index contributed by atoms with van der Waals surface area (Å²) < 4.78 is 41.5. The molecule has 0 aliphatic carbocycles. The van der Waals surface area contributed by atoms with Crippen molar-refractivity contribution in [1.29, 1.82) is 0 Å². The molecule has 112 valence electrons. The highest BCUT2D eigenvalue weighted by Crippen LogP contribution is 2.24. The molecule has 3 N–H and O–H groups in total. The summed E-state index contributed by atoms with van der Waals surface area (Å²) in [5.41, 5.74) is 5.85. The van der Waals surface area contributed by atoms with E-state index in [-0.39, 0.29) is 5.69 Å². The Labute approximate surface area is 122 Å². The normalized spacial score (nSPS) is 12.2. The highest BCUT2D eigenvalue weighted by molar-refractivity contribution is 7.10. The van der Waals surface area contributed by atoms with Crippen molar-refractivity contribution >= 4 is 22.9 Å². The van der Waals surface area contributed by atoms with E-state index >= 15 is 0 Å². The van der Waals surface area contributed by atoms with Gasteiger partial charge in [0.1, 0.15) is 6.04 Å². The van der Waals surface area contributed by atoms with Crippen LogP contribution in [0, 0.1) is 5.82 Å². The number of carbonyl (C=O) groups is 1. The maximum absolute atomic E-state index is 13.5. The fraction of sp³-hybridized carbons (Fsp3) is 0.154. The van der Waals surface area contributed by atoms with Gasteiger partial charge in [0.25, 0.3) is 0 Å². The van der Waals surface area contributed by atoms with Gasteiger partial charge in [0.05, 0.1) is 0 Å². The van der Waals surface area contributed by atoms with Crippen LogP contribution in [0.1, 0.15) is 10.9 Å². The molecule has 0 bridgehead atoms. The number of rotatable bonds is 5. The summed E-state index contributed by atoms with van der Waals surface area (Å²) in [5, 5.41) is 4.19. The number of hydrogen-bond donors (Lipinski definition) is 2. The van der Waals surface area contributed by atoms with Crippen molar-refractivity contribution in [2.45, 2.75) is 12.7 Å². The van der Waals surface area contributed by atoms with E-state index in [9.17, 15) is 18.0 Å². The lowest BCUT2D eigenvalue weighted by molar-refractivity contribution is -0.117. The molecule has 4 nitrogen and oxygen atoms in total. The maximum Gasteiger partial charge on any atom is 0.387 e. The summed E-state index contributed by atoms with van der Waals surface area (Å²) in [6, 6.07) is 5.72. The first kappa shape index (κ1) is 15.3. The molecular weight excluding hydrogens is 305 g/mol. The fourth-order valence-electron chi connectivity index (χ4n) is 1.59. The Morgan fingerprint density at radius 3 is 2.67 bits per heavy atom. The molecule has 0 radical (unpaired) electrons. The monoisotopic (exact) mass is 316 g/mol. The van der Waals surface area contributed by atoms with Crippen molar-refractivity contribution in [2.24, 2.45) is 5.73 Å². The highest BCUT2D eigenvalue weighted by atomic mass is 32.1. The minimum Gasteiger partial charge on any atom is -0.432 e. The van der Waals surface area contributed by atoms with Gasteiger partial charge in [-0.15, -0.1) is 11.3 Å². The van der Waals surface area contributed by atoms with Crippen LogP contribution in [0.3, 0.4) is 0 Å². The van der Waals surface area contributed by atoms with Gasteiger partial charge in [-0.25, -0.2) is 4.39 Å². The van der Waals surface area contributed by atoms with E-state index in [1.807, 2.05) is 0 Å². The number of hydrogen-bond acceptors (Lipinski definition) is 4. The Morgan fingerprint density at radius 2 is 2.10 bits per heavy atom. The number of amides is 1. The second-order valence-corrected chi connectivity index (χ2v) is 4.99. The molecule has 0 saturated carbocycles. The van der Waals surface area contributed by atoms with Gasteiger partial charge >= 0.3 is 6.61 Å². The van der Waals surface area contributed by atoms with Gasteiger partial charge in [-0.2, -0.15) is 8.78 Å². The van der Waals surface area contributed by atoms with Gasteiger partial charge in [-0.05, 0) is 23.6 Å². The van der Waals surface area contributed by atoms with Crippen LogP contribution < -0.4 is 15.8 Å². The largest absolute Gasteiger partial charge is 0.432 e. The van der Waals surface area contributed by atoms with Crippen molar-refractivity contribution in [1.82, 2.24) is 0 Å². The molecule has 0 spiro atoms. The van der Waals surface area contributed by atoms with Crippen LogP contribution in [0.15, 0.2) is 35.7 Å². The molecule has 1 unspecified atom stereocenters. The molecule has 2 aromatic rings. The first-order chi connectivity index (χ1) is 9.97. The predicted molar refractivity (Wildman–Crippen MR) is 72.9 cm³/mol. The van der Waals surface area contributed by atoms with Crippen LogP contribution in [0.25, 0.3) is 0 Å². The standard InChI is InChI=1S/C13H11F3N2O2S/c14-8-6-7(3-4-9(8)20-13(15)16)18-12(19)11(17)10-2-1-5-21-10/h1-6,11,13H,17H2,(H,18,19). The second kappa shape index (κ2) is 6.59. The van der Waals surface area contributed by atoms with E-state index in [0.717, 1.165) is 12.1 Å². The van der Waals surface area contributed by atoms with E-state index in [1.165, 1.54) is 17.4 Å². The summed E-state index contributed by atoms with van der Waals surface area (Å²) in [7, 11) is 0. The average Bonchev–Trinajstić information content (AvgIpc) is 2.94. The SMILES string of the molecule is NC(C(=O)Nc1ccc(OC(F)F)c(F)c1)c1cccs1. The molecule has 1 amide bonds. The number of nitrogens with two attached hydrogens (primary N) is 1. The lowest BCUT2D eigenvalue weighted by Gasteiger charge is -2.12. The number of alkyl halides is 2. The molecule has 0 fully saturated rings. The van der Waals surface area contributed by atoms with E-state index < -0.39 is 30.1 Å². The van der Waals surface area contributed by atoms with E-state index in [2.05, 4.69) is 10.1 Å². The van der Waals surface area contributed by atoms with Crippen LogP contribution in [-0.2, 0) is 4.79 Å². The quantitative estimate of drug-likeness (QED) is 0.891. The molecule has 1 heterocycles. The summed E-state index contributed by atoms with van der Waals surface area (Å²) >= 11 is 1.32. The van der Waals surface area contributed by atoms with Crippen LogP contribution in [-0.4, -0.2) is 12.5 Å². The zero-order valence-corrected chi connectivity index (χ0v) is 11.4. The minimum absolute atomic E-state index is 0.103. The summed E-state index contributed by atoms with van der Waals surface area (Å²) in [6.45, 7) is -3.12. The highest BCUT2D eigenvalue weighted by Gasteiger charge is 2.18. The van der Waals surface area contributed by atoms with Crippen LogP contribution in [0.4, 0.5) is 18.9 Å². The Bertz CT molecular complexity index is 620. The lowest BCUT2D eigenvalue weighted by Crippen LogP contribution is -2.27. The minimum atomic E-state index is -3.12. The Morgan fingerprint density at radius 1 is 1.33 bits per heavy atom. The number of thiophene rings is 1. The Kier molecular flexibility index (Phi) is 4.81. The van der Waals surface area contributed by atoms with Crippen LogP contribution >= 0.6 is 11.3 Å². The summed E-state index contributed by atoms with van der Waals surface area (Å²) in [6.07, 6.45) is 0. The van der Waals surface area contributed by atoms with Gasteiger partial charge in [0.15, 0.2) is 11.6 Å². The average molecular weight is 316 g/mol. The molecule has 8 heteroatoms. The van der Waals surface area contributed by atoms with E-state index in [4.69, 9.17) is 5.73 Å². The van der Waals surface area contributed by atoms with Crippen molar-refractivity contribution in [2.75, 3.05) is 5.32 Å². The van der Waals surface area contributed by atoms with Crippen LogP contribution in [0.2, 0.25) is 0 Å². The fourth-order valence-corrected chi connectivity index (χ4v) is 2.31. The van der Waals surface area contributed by atoms with E-state index in [0.29, 0.717) is 4.88 Å². The molecule has 0 saturated heterocycles. The zero-order chi connectivity index (χ0) is 15.4. The number of benzene rings is 1. The van der Waals surface area contributed by atoms with Gasteiger partial charge in [0, 0.05) is 16.6 Å². The number of carbonyl (C=O) groups excluding carboxylic acids is 1. The molecule has 2 rings (SSSR count). The maximum atomic E-state index is 13.5. The van der Waals surface area contributed by atoms with Crippen LogP contribution in [0.5, 0.6) is 5.75 Å². The van der Waals surface area contributed by atoms with Crippen molar-refractivity contribution in [3.63, 3.8) is 0 Å². The number of halogens is 3. The molecular formula is C13H11F3N2O2S. The van der Waals surface area contributed by atoms with Gasteiger partial charge in [0.2, 0.25) is 5.91 Å². The molecule has 21 heavy (non-hydrogen) atoms. The van der Waals surface area contributed by atoms with Gasteiger partial charge in [-0.1, -0.05) is 6.07 Å². The van der Waals surface area contributed by atoms with E-state index in [1.54, 1.807) is 17.5 Å². The summed E-state index contributed by atoms with van der Waals surface area (Å²) in [5.74, 6) is -2.12. The molecule has 1 atom stereocenters. The third-order valence-corrected chi connectivity index (χ3v) is 3.50. The third kappa shape index (κ3) is 3.96. The number of nitrogens with one attached hydrogen (secondary N) is 1. The second-order valence-electron chi connectivity index (χ2n) is 4.01. The van der Waals surface area contributed by atoms with Gasteiger partial charge in [-0.3, -0.25) is 4.79 Å². The number of ether oxygens (including phenoxy) is 1. The molecule has 0 aliphatic heterocycles. The summed E-state index contributed by atoms with van der Waals surface area (Å²) in [4.78, 5) is 12.5. The lowest BCUT2D eigenvalue weighted by atomic mass is 10.2. The molecule has 0 aliphatic rings. The zero-order valence-electron chi connectivity index (χ0n) is 10.6. The third-order valence-electron chi connectivity index (χ3n) is 2.55. The van der Waals surface area contributed by atoms with Crippen molar-refractivity contribution < 1.29 is 22.7 Å². The topological polar surface area (TPSA) is 64.4 Å². The number of anilines is 1. The Hall–Kier alpha value is -2.06. The molecule has 1 aromatic heterocycles. The molecule has 1 aromatic carbocycles. The smallest absolute Gasteiger partial charge is 0.387 e. The van der Waals surface area contributed by atoms with Crippen molar-refractivity contribution in [3.8, 4) is 5.75 Å². The van der Waals surface area contributed by atoms with Crippen molar-refractivity contribution in [3.05, 3.63) is 46.4 Å². The Balaban J connectivity index is 2.06. The first-order valence-electron chi connectivity index (χ1n) is 5.81.